The second-order valence-corrected chi connectivity index (χ2v) is 9.00. The summed E-state index contributed by atoms with van der Waals surface area (Å²) in [4.78, 5) is 24.2. The Bertz CT molecular complexity index is 1120. The van der Waals surface area contributed by atoms with Crippen molar-refractivity contribution in [3.63, 3.8) is 0 Å². The maximum Gasteiger partial charge on any atom is 0.214 e. The Labute approximate surface area is 204 Å². The lowest BCUT2D eigenvalue weighted by Gasteiger charge is -2.35. The van der Waals surface area contributed by atoms with Gasteiger partial charge in [0.2, 0.25) is 11.7 Å². The summed E-state index contributed by atoms with van der Waals surface area (Å²) in [5, 5.41) is 14.3. The van der Waals surface area contributed by atoms with Gasteiger partial charge in [-0.15, -0.1) is 0 Å². The molecular formula is C25H29ClN4O4. The van der Waals surface area contributed by atoms with Crippen molar-refractivity contribution >= 4 is 23.1 Å². The van der Waals surface area contributed by atoms with Crippen molar-refractivity contribution in [2.24, 2.45) is 5.92 Å². The minimum absolute atomic E-state index is 0.0314. The van der Waals surface area contributed by atoms with Gasteiger partial charge in [-0.1, -0.05) is 17.7 Å². The number of ketones is 1. The number of nitrogens with zero attached hydrogens (tertiary/aromatic N) is 3. The number of anilines is 1. The molecule has 0 fully saturated rings. The number of halogens is 1. The number of aliphatic hydroxyl groups excluding tert-OH is 1. The summed E-state index contributed by atoms with van der Waals surface area (Å²) < 4.78 is 10.8. The minimum Gasteiger partial charge on any atom is -0.481 e. The van der Waals surface area contributed by atoms with E-state index in [1.807, 2.05) is 26.0 Å². The maximum atomic E-state index is 13.6. The standard InChI is InChI=1S/C25H29ClN4O4/c1-14-9-20-19(11-21(14)33-3)23(15(2)30(20)13-18-6-5-16(26)12-28-18)24(31)25(32)29-17-7-8-27-22(10-17)34-4/h5-10,12,19-21,25,32H,11,13H2,1-4H3,(H,27,29). The molecule has 2 N–H and O–H groups in total. The van der Waals surface area contributed by atoms with Gasteiger partial charge >= 0.3 is 0 Å². The molecule has 4 unspecified atom stereocenters. The first-order chi connectivity index (χ1) is 16.3. The van der Waals surface area contributed by atoms with E-state index in [2.05, 4.69) is 26.3 Å². The number of Topliss-reactive ketones (excluding diaryl/α,β-unsaturated/α-hetero) is 1. The molecule has 2 aromatic heterocycles. The first-order valence-electron chi connectivity index (χ1n) is 11.1. The fourth-order valence-electron chi connectivity index (χ4n) is 4.81. The topological polar surface area (TPSA) is 96.8 Å². The summed E-state index contributed by atoms with van der Waals surface area (Å²) in [6, 6.07) is 6.96. The van der Waals surface area contributed by atoms with Gasteiger partial charge in [-0.3, -0.25) is 9.78 Å². The van der Waals surface area contributed by atoms with Crippen LogP contribution in [0.15, 0.2) is 59.6 Å². The quantitative estimate of drug-likeness (QED) is 0.433. The third-order valence-electron chi connectivity index (χ3n) is 6.54. The number of pyridine rings is 2. The van der Waals surface area contributed by atoms with Crippen LogP contribution in [-0.2, 0) is 16.1 Å². The van der Waals surface area contributed by atoms with E-state index in [9.17, 15) is 9.90 Å². The number of carbonyl (C=O) groups excluding carboxylic acids is 1. The highest BCUT2D eigenvalue weighted by Crippen LogP contribution is 2.43. The third-order valence-corrected chi connectivity index (χ3v) is 6.76. The van der Waals surface area contributed by atoms with Crippen LogP contribution in [0.3, 0.4) is 0 Å². The number of nitrogens with one attached hydrogen (secondary N) is 1. The van der Waals surface area contributed by atoms with E-state index in [1.54, 1.807) is 31.6 Å². The maximum absolute atomic E-state index is 13.6. The SMILES string of the molecule is COc1cc(NC(O)C(=O)C2=C(C)N(Cc3ccc(Cl)cn3)C3C=C(C)C(OC)CC23)ccn1. The van der Waals surface area contributed by atoms with Gasteiger partial charge in [0.15, 0.2) is 6.23 Å². The van der Waals surface area contributed by atoms with Crippen LogP contribution in [0.4, 0.5) is 5.69 Å². The Morgan fingerprint density at radius 1 is 1.29 bits per heavy atom. The van der Waals surface area contributed by atoms with Gasteiger partial charge in [0.05, 0.1) is 36.5 Å². The van der Waals surface area contributed by atoms with Gasteiger partial charge in [-0.2, -0.15) is 0 Å². The molecule has 2 aliphatic rings. The molecule has 34 heavy (non-hydrogen) atoms. The van der Waals surface area contributed by atoms with Crippen molar-refractivity contribution in [2.75, 3.05) is 19.5 Å². The summed E-state index contributed by atoms with van der Waals surface area (Å²) in [5.41, 5.74) is 3.94. The largest absolute Gasteiger partial charge is 0.481 e. The zero-order chi connectivity index (χ0) is 24.4. The fourth-order valence-corrected chi connectivity index (χ4v) is 4.93. The van der Waals surface area contributed by atoms with E-state index in [1.165, 1.54) is 7.11 Å². The Kier molecular flexibility index (Phi) is 7.21. The minimum atomic E-state index is -1.42. The van der Waals surface area contributed by atoms with E-state index in [4.69, 9.17) is 21.1 Å². The van der Waals surface area contributed by atoms with Crippen molar-refractivity contribution < 1.29 is 19.4 Å². The highest BCUT2D eigenvalue weighted by atomic mass is 35.5. The number of fused-ring (bicyclic) bond motifs is 1. The Balaban J connectivity index is 1.64. The van der Waals surface area contributed by atoms with E-state index in [0.29, 0.717) is 35.1 Å². The van der Waals surface area contributed by atoms with Crippen LogP contribution in [0.2, 0.25) is 5.02 Å². The Hall–Kier alpha value is -2.94. The lowest BCUT2D eigenvalue weighted by atomic mass is 9.79. The van der Waals surface area contributed by atoms with Crippen molar-refractivity contribution in [1.82, 2.24) is 14.9 Å². The zero-order valence-electron chi connectivity index (χ0n) is 19.7. The van der Waals surface area contributed by atoms with Crippen molar-refractivity contribution in [1.29, 1.82) is 0 Å². The van der Waals surface area contributed by atoms with Crippen LogP contribution in [0, 0.1) is 5.92 Å². The molecule has 4 rings (SSSR count). The summed E-state index contributed by atoms with van der Waals surface area (Å²) in [6.07, 6.45) is 4.49. The van der Waals surface area contributed by atoms with Crippen LogP contribution in [0.5, 0.6) is 5.88 Å². The first kappa shape index (κ1) is 24.2. The summed E-state index contributed by atoms with van der Waals surface area (Å²) in [5.74, 6) is -0.0898. The number of rotatable bonds is 8. The number of allylic oxidation sites excluding steroid dienone is 1. The van der Waals surface area contributed by atoms with E-state index in [0.717, 1.165) is 17.0 Å². The Morgan fingerprint density at radius 3 is 2.76 bits per heavy atom. The van der Waals surface area contributed by atoms with E-state index < -0.39 is 6.23 Å². The second-order valence-electron chi connectivity index (χ2n) is 8.56. The third kappa shape index (κ3) is 4.80. The van der Waals surface area contributed by atoms with Crippen LogP contribution in [0.25, 0.3) is 0 Å². The number of carbonyl (C=O) groups is 1. The smallest absolute Gasteiger partial charge is 0.214 e. The Morgan fingerprint density at radius 2 is 2.09 bits per heavy atom. The number of aromatic nitrogens is 2. The molecule has 0 saturated carbocycles. The molecule has 8 nitrogen and oxygen atoms in total. The van der Waals surface area contributed by atoms with Crippen LogP contribution < -0.4 is 10.1 Å². The van der Waals surface area contributed by atoms with Crippen molar-refractivity contribution in [3.8, 4) is 5.88 Å². The van der Waals surface area contributed by atoms with Crippen LogP contribution in [0.1, 0.15) is 26.0 Å². The fraction of sp³-hybridized carbons (Fsp3) is 0.400. The van der Waals surface area contributed by atoms with Gasteiger partial charge in [-0.25, -0.2) is 4.98 Å². The van der Waals surface area contributed by atoms with Crippen LogP contribution >= 0.6 is 11.6 Å². The molecule has 0 aromatic carbocycles. The highest BCUT2D eigenvalue weighted by molar-refractivity contribution is 6.30. The molecule has 2 aromatic rings. The molecule has 0 bridgehead atoms. The molecule has 0 amide bonds. The lowest BCUT2D eigenvalue weighted by Crippen LogP contribution is -2.39. The van der Waals surface area contributed by atoms with Crippen molar-refractivity contribution in [2.45, 2.75) is 45.2 Å². The van der Waals surface area contributed by atoms with Gasteiger partial charge in [0.1, 0.15) is 0 Å². The number of ether oxygens (including phenoxy) is 2. The second kappa shape index (κ2) is 10.1. The van der Waals surface area contributed by atoms with Crippen LogP contribution in [-0.4, -0.2) is 58.4 Å². The molecule has 0 saturated heterocycles. The number of methoxy groups -OCH3 is 2. The molecule has 4 atom stereocenters. The zero-order valence-corrected chi connectivity index (χ0v) is 20.4. The van der Waals surface area contributed by atoms with Gasteiger partial charge < -0.3 is 24.8 Å². The average molecular weight is 485 g/mol. The molecule has 0 radical (unpaired) electrons. The molecule has 9 heteroatoms. The number of aliphatic hydroxyl groups is 1. The average Bonchev–Trinajstić information content (AvgIpc) is 3.09. The number of hydrogen-bond donors (Lipinski definition) is 2. The van der Waals surface area contributed by atoms with E-state index in [-0.39, 0.29) is 23.8 Å². The monoisotopic (exact) mass is 484 g/mol. The summed E-state index contributed by atoms with van der Waals surface area (Å²) >= 11 is 6.00. The van der Waals surface area contributed by atoms with Crippen molar-refractivity contribution in [3.05, 3.63) is 70.3 Å². The summed E-state index contributed by atoms with van der Waals surface area (Å²) in [6.45, 7) is 4.49. The number of hydrogen-bond acceptors (Lipinski definition) is 8. The molecule has 180 valence electrons. The first-order valence-corrected chi connectivity index (χ1v) is 11.5. The highest BCUT2D eigenvalue weighted by Gasteiger charge is 2.45. The van der Waals surface area contributed by atoms with Gasteiger partial charge in [0.25, 0.3) is 0 Å². The van der Waals surface area contributed by atoms with Gasteiger partial charge in [0, 0.05) is 48.4 Å². The normalized spacial score (nSPS) is 22.8. The van der Waals surface area contributed by atoms with Gasteiger partial charge in [-0.05, 0) is 44.0 Å². The molecule has 1 aliphatic carbocycles. The predicted molar refractivity (Wildman–Crippen MR) is 129 cm³/mol. The van der Waals surface area contributed by atoms with E-state index >= 15 is 0 Å². The predicted octanol–water partition coefficient (Wildman–Crippen LogP) is 3.58. The molecule has 3 heterocycles. The lowest BCUT2D eigenvalue weighted by molar-refractivity contribution is -0.122. The summed E-state index contributed by atoms with van der Waals surface area (Å²) in [7, 11) is 3.19. The molecule has 1 aliphatic heterocycles. The molecule has 0 spiro atoms. The molecular weight excluding hydrogens is 456 g/mol.